The molecule has 1 unspecified atom stereocenters. The van der Waals surface area contributed by atoms with Crippen molar-refractivity contribution in [2.24, 2.45) is 0 Å². The van der Waals surface area contributed by atoms with E-state index >= 15 is 0 Å². The van der Waals surface area contributed by atoms with E-state index in [1.54, 1.807) is 18.2 Å². The highest BCUT2D eigenvalue weighted by atomic mass is 35.5. The van der Waals surface area contributed by atoms with Crippen LogP contribution in [0.5, 0.6) is 5.75 Å². The summed E-state index contributed by atoms with van der Waals surface area (Å²) in [6, 6.07) is 9.81. The molecule has 20 heavy (non-hydrogen) atoms. The van der Waals surface area contributed by atoms with Crippen molar-refractivity contribution in [3.8, 4) is 5.75 Å². The number of halogens is 3. The zero-order valence-corrected chi connectivity index (χ0v) is 12.3. The SMILES string of the molecule is CC(NCc1ccc(O)c(F)c1)c1ccc(Cl)c(Cl)c1. The van der Waals surface area contributed by atoms with Crippen LogP contribution in [0, 0.1) is 5.82 Å². The fourth-order valence-corrected chi connectivity index (χ4v) is 2.14. The second-order valence-electron chi connectivity index (χ2n) is 4.56. The summed E-state index contributed by atoms with van der Waals surface area (Å²) in [7, 11) is 0. The minimum absolute atomic E-state index is 0.0432. The van der Waals surface area contributed by atoms with Crippen molar-refractivity contribution in [2.75, 3.05) is 0 Å². The van der Waals surface area contributed by atoms with Gasteiger partial charge < -0.3 is 10.4 Å². The number of aromatic hydroxyl groups is 1. The lowest BCUT2D eigenvalue weighted by molar-refractivity contribution is 0.431. The van der Waals surface area contributed by atoms with Gasteiger partial charge in [-0.25, -0.2) is 4.39 Å². The van der Waals surface area contributed by atoms with Crippen LogP contribution < -0.4 is 5.32 Å². The van der Waals surface area contributed by atoms with Crippen molar-refractivity contribution in [1.82, 2.24) is 5.32 Å². The minimum atomic E-state index is -0.619. The number of benzene rings is 2. The molecule has 2 rings (SSSR count). The van der Waals surface area contributed by atoms with Crippen LogP contribution in [-0.4, -0.2) is 5.11 Å². The van der Waals surface area contributed by atoms with Crippen molar-refractivity contribution in [3.05, 3.63) is 63.4 Å². The predicted molar refractivity (Wildman–Crippen MR) is 79.8 cm³/mol. The summed E-state index contributed by atoms with van der Waals surface area (Å²) in [5, 5.41) is 13.4. The first-order chi connectivity index (χ1) is 9.47. The lowest BCUT2D eigenvalue weighted by Crippen LogP contribution is -2.18. The van der Waals surface area contributed by atoms with Gasteiger partial charge in [-0.05, 0) is 42.3 Å². The van der Waals surface area contributed by atoms with Crippen molar-refractivity contribution in [1.29, 1.82) is 0 Å². The molecule has 0 fully saturated rings. The number of nitrogens with one attached hydrogen (secondary N) is 1. The Morgan fingerprint density at radius 1 is 1.15 bits per heavy atom. The van der Waals surface area contributed by atoms with Crippen molar-refractivity contribution >= 4 is 23.2 Å². The number of phenols is 1. The van der Waals surface area contributed by atoms with Crippen LogP contribution in [0.2, 0.25) is 10.0 Å². The van der Waals surface area contributed by atoms with Gasteiger partial charge in [0.25, 0.3) is 0 Å². The molecule has 2 N–H and O–H groups in total. The lowest BCUT2D eigenvalue weighted by Gasteiger charge is -2.15. The second-order valence-corrected chi connectivity index (χ2v) is 5.38. The summed E-state index contributed by atoms with van der Waals surface area (Å²) in [6.07, 6.45) is 0. The van der Waals surface area contributed by atoms with E-state index < -0.39 is 5.82 Å². The summed E-state index contributed by atoms with van der Waals surface area (Å²) >= 11 is 11.8. The van der Waals surface area contributed by atoms with Crippen LogP contribution in [0.15, 0.2) is 36.4 Å². The zero-order valence-electron chi connectivity index (χ0n) is 10.8. The fraction of sp³-hybridized carbons (Fsp3) is 0.200. The largest absolute Gasteiger partial charge is 0.505 e. The van der Waals surface area contributed by atoms with Crippen molar-refractivity contribution in [2.45, 2.75) is 19.5 Å². The van der Waals surface area contributed by atoms with Gasteiger partial charge in [0.15, 0.2) is 11.6 Å². The lowest BCUT2D eigenvalue weighted by atomic mass is 10.1. The zero-order chi connectivity index (χ0) is 14.7. The van der Waals surface area contributed by atoms with Gasteiger partial charge in [0.05, 0.1) is 10.0 Å². The summed E-state index contributed by atoms with van der Waals surface area (Å²) < 4.78 is 13.2. The Bertz CT molecular complexity index is 619. The van der Waals surface area contributed by atoms with E-state index in [9.17, 15) is 4.39 Å². The molecule has 5 heteroatoms. The third-order valence-corrected chi connectivity index (χ3v) is 3.81. The van der Waals surface area contributed by atoms with E-state index in [2.05, 4.69) is 5.32 Å². The Morgan fingerprint density at radius 3 is 2.55 bits per heavy atom. The van der Waals surface area contributed by atoms with Crippen LogP contribution >= 0.6 is 23.2 Å². The van der Waals surface area contributed by atoms with E-state index in [0.29, 0.717) is 16.6 Å². The number of hydrogen-bond acceptors (Lipinski definition) is 2. The van der Waals surface area contributed by atoms with Gasteiger partial charge in [0, 0.05) is 12.6 Å². The highest BCUT2D eigenvalue weighted by Crippen LogP contribution is 2.25. The molecule has 0 aromatic heterocycles. The summed E-state index contributed by atoms with van der Waals surface area (Å²) in [4.78, 5) is 0. The third-order valence-electron chi connectivity index (χ3n) is 3.07. The van der Waals surface area contributed by atoms with Gasteiger partial charge in [-0.3, -0.25) is 0 Å². The first kappa shape index (κ1) is 15.1. The second kappa shape index (κ2) is 6.44. The number of hydrogen-bond donors (Lipinski definition) is 2. The molecule has 106 valence electrons. The Hall–Kier alpha value is -1.29. The normalized spacial score (nSPS) is 12.4. The third kappa shape index (κ3) is 3.63. The molecule has 0 spiro atoms. The molecule has 2 aromatic carbocycles. The molecule has 0 aliphatic carbocycles. The standard InChI is InChI=1S/C15H14Cl2FNO/c1-9(11-3-4-12(16)13(17)7-11)19-8-10-2-5-15(20)14(18)6-10/h2-7,9,19-20H,8H2,1H3. The van der Waals surface area contributed by atoms with Crippen LogP contribution in [0.4, 0.5) is 4.39 Å². The first-order valence-electron chi connectivity index (χ1n) is 6.13. The Balaban J connectivity index is 2.02. The summed E-state index contributed by atoms with van der Waals surface area (Å²) in [5.41, 5.74) is 1.76. The molecule has 0 radical (unpaired) electrons. The van der Waals surface area contributed by atoms with E-state index in [-0.39, 0.29) is 11.8 Å². The van der Waals surface area contributed by atoms with Gasteiger partial charge in [0.2, 0.25) is 0 Å². The number of phenolic OH excluding ortho intramolecular Hbond substituents is 1. The van der Waals surface area contributed by atoms with Crippen LogP contribution in [0.1, 0.15) is 24.1 Å². The van der Waals surface area contributed by atoms with Crippen molar-refractivity contribution in [3.63, 3.8) is 0 Å². The van der Waals surface area contributed by atoms with Gasteiger partial charge in [-0.15, -0.1) is 0 Å². The molecule has 2 nitrogen and oxygen atoms in total. The summed E-state index contributed by atoms with van der Waals surface area (Å²) in [6.45, 7) is 2.47. The quantitative estimate of drug-likeness (QED) is 0.858. The molecule has 0 amide bonds. The number of rotatable bonds is 4. The molecule has 2 aromatic rings. The average molecular weight is 314 g/mol. The maximum Gasteiger partial charge on any atom is 0.165 e. The molecule has 0 aliphatic rings. The molecule has 0 saturated carbocycles. The van der Waals surface area contributed by atoms with E-state index in [4.69, 9.17) is 28.3 Å². The Labute approximate surface area is 127 Å². The fourth-order valence-electron chi connectivity index (χ4n) is 1.83. The van der Waals surface area contributed by atoms with Gasteiger partial charge in [-0.1, -0.05) is 35.3 Å². The smallest absolute Gasteiger partial charge is 0.165 e. The van der Waals surface area contributed by atoms with Gasteiger partial charge >= 0.3 is 0 Å². The Kier molecular flexibility index (Phi) is 4.86. The maximum atomic E-state index is 13.2. The molecule has 0 bridgehead atoms. The van der Waals surface area contributed by atoms with Crippen LogP contribution in [0.3, 0.4) is 0 Å². The van der Waals surface area contributed by atoms with Crippen LogP contribution in [-0.2, 0) is 6.54 Å². The van der Waals surface area contributed by atoms with E-state index in [0.717, 1.165) is 11.1 Å². The molecule has 0 aliphatic heterocycles. The Morgan fingerprint density at radius 2 is 1.90 bits per heavy atom. The van der Waals surface area contributed by atoms with E-state index in [1.807, 2.05) is 13.0 Å². The molecule has 1 atom stereocenters. The van der Waals surface area contributed by atoms with Crippen molar-refractivity contribution < 1.29 is 9.50 Å². The topological polar surface area (TPSA) is 32.3 Å². The molecule has 0 saturated heterocycles. The highest BCUT2D eigenvalue weighted by molar-refractivity contribution is 6.42. The first-order valence-corrected chi connectivity index (χ1v) is 6.88. The molecule has 0 heterocycles. The average Bonchev–Trinajstić information content (AvgIpc) is 2.43. The minimum Gasteiger partial charge on any atom is -0.505 e. The predicted octanol–water partition coefficient (Wildman–Crippen LogP) is 4.69. The highest BCUT2D eigenvalue weighted by Gasteiger charge is 2.08. The molecular formula is C15H14Cl2FNO. The maximum absolute atomic E-state index is 13.2. The molecular weight excluding hydrogens is 300 g/mol. The van der Waals surface area contributed by atoms with E-state index in [1.165, 1.54) is 12.1 Å². The monoisotopic (exact) mass is 313 g/mol. The van der Waals surface area contributed by atoms with Gasteiger partial charge in [-0.2, -0.15) is 0 Å². The summed E-state index contributed by atoms with van der Waals surface area (Å²) in [5.74, 6) is -0.960. The van der Waals surface area contributed by atoms with Gasteiger partial charge in [0.1, 0.15) is 0 Å². The van der Waals surface area contributed by atoms with Crippen LogP contribution in [0.25, 0.3) is 0 Å².